The van der Waals surface area contributed by atoms with Gasteiger partial charge in [0.1, 0.15) is 6.23 Å². The van der Waals surface area contributed by atoms with Gasteiger partial charge in [0.05, 0.1) is 11.6 Å². The van der Waals surface area contributed by atoms with Crippen LogP contribution in [0.15, 0.2) is 20.9 Å². The van der Waals surface area contributed by atoms with E-state index in [1.165, 1.54) is 17.9 Å². The molecular formula is C9H10N5O4Y+2. The molecule has 0 aromatic carbocycles. The minimum Gasteiger partial charge on any atom is -0.386 e. The molecule has 1 fully saturated rings. The molecule has 1 aliphatic rings. The summed E-state index contributed by atoms with van der Waals surface area (Å²) < 4.78 is 11.6. The summed E-state index contributed by atoms with van der Waals surface area (Å²) in [6.07, 6.45) is 0.107. The Morgan fingerprint density at radius 1 is 1.68 bits per heavy atom. The van der Waals surface area contributed by atoms with Crippen LogP contribution < -0.4 is 11.2 Å². The zero-order valence-electron chi connectivity index (χ0n) is 10.0. The summed E-state index contributed by atoms with van der Waals surface area (Å²) in [7, 11) is 1.41. The van der Waals surface area contributed by atoms with E-state index in [2.05, 4.69) is 21.1 Å². The maximum absolute atomic E-state index is 11.5. The number of nitrogens with one attached hydrogen (secondary N) is 1. The van der Waals surface area contributed by atoms with Crippen LogP contribution >= 0.6 is 0 Å². The average Bonchev–Trinajstić information content (AvgIpc) is 2.72. The summed E-state index contributed by atoms with van der Waals surface area (Å²) in [4.78, 5) is 27.2. The van der Waals surface area contributed by atoms with Crippen LogP contribution in [0.3, 0.4) is 0 Å². The van der Waals surface area contributed by atoms with Gasteiger partial charge in [0.25, 0.3) is 0 Å². The first kappa shape index (κ1) is 16.1. The normalized spacial score (nSPS) is 25.4. The Labute approximate surface area is 132 Å². The van der Waals surface area contributed by atoms with Gasteiger partial charge in [-0.1, -0.05) is 5.11 Å². The first-order valence-electron chi connectivity index (χ1n) is 5.11. The second-order valence-electron chi connectivity index (χ2n) is 3.64. The Kier molecular flexibility index (Phi) is 5.90. The number of rotatable bonds is 3. The second kappa shape index (κ2) is 6.97. The smallest absolute Gasteiger partial charge is 0.386 e. The van der Waals surface area contributed by atoms with Crippen molar-refractivity contribution in [1.29, 1.82) is 0 Å². The summed E-state index contributed by atoms with van der Waals surface area (Å²) in [6.45, 7) is 0. The predicted octanol–water partition coefficient (Wildman–Crippen LogP) is -0.0954. The Bertz CT molecular complexity index is 593. The topological polar surface area (TPSA) is 122 Å². The van der Waals surface area contributed by atoms with E-state index in [1.807, 2.05) is 0 Å². The van der Waals surface area contributed by atoms with Gasteiger partial charge in [-0.05, 0) is 5.53 Å². The third kappa shape index (κ3) is 3.52. The molecule has 19 heavy (non-hydrogen) atoms. The van der Waals surface area contributed by atoms with Crippen molar-refractivity contribution >= 4 is 0 Å². The standard InChI is InChI=1S/C9H10N5O4.Y/c1-17-8-5(12-13-10)4-7(18-8)14-3-2-6(15)11-9(14)16;/h3,5,7-8H,4H2,1H3,(H,11,15,16);/q-1;+3. The largest absolute Gasteiger partial charge is 3.00 e. The molecular weight excluding hydrogens is 331 g/mol. The number of ether oxygens (including phenoxy) is 2. The summed E-state index contributed by atoms with van der Waals surface area (Å²) in [6, 6.07) is 1.80. The molecule has 96 valence electrons. The van der Waals surface area contributed by atoms with Gasteiger partial charge in [-0.2, -0.15) is 6.20 Å². The molecule has 2 heterocycles. The van der Waals surface area contributed by atoms with Crippen LogP contribution in [0.2, 0.25) is 0 Å². The molecule has 0 saturated carbocycles. The van der Waals surface area contributed by atoms with E-state index in [0.29, 0.717) is 0 Å². The van der Waals surface area contributed by atoms with E-state index < -0.39 is 29.8 Å². The van der Waals surface area contributed by atoms with Crippen LogP contribution in [-0.4, -0.2) is 29.0 Å². The van der Waals surface area contributed by atoms with Crippen molar-refractivity contribution in [2.45, 2.75) is 25.0 Å². The fraction of sp³-hybridized carbons (Fsp3) is 0.556. The van der Waals surface area contributed by atoms with E-state index in [0.717, 1.165) is 0 Å². The van der Waals surface area contributed by atoms with Gasteiger partial charge in [-0.3, -0.25) is 0 Å². The fourth-order valence-electron chi connectivity index (χ4n) is 1.78. The molecule has 0 radical (unpaired) electrons. The predicted molar refractivity (Wildman–Crippen MR) is 58.6 cm³/mol. The maximum Gasteiger partial charge on any atom is 3.00 e. The Morgan fingerprint density at radius 3 is 3.00 bits per heavy atom. The van der Waals surface area contributed by atoms with Crippen LogP contribution in [-0.2, 0) is 42.2 Å². The summed E-state index contributed by atoms with van der Waals surface area (Å²) >= 11 is 0. The number of methoxy groups -OCH3 is 1. The van der Waals surface area contributed by atoms with Crippen LogP contribution in [0.1, 0.15) is 12.6 Å². The van der Waals surface area contributed by atoms with E-state index in [1.54, 1.807) is 0 Å². The molecule has 1 aliphatic heterocycles. The molecule has 3 atom stereocenters. The van der Waals surface area contributed by atoms with Gasteiger partial charge < -0.3 is 29.9 Å². The fourth-order valence-corrected chi connectivity index (χ4v) is 1.78. The zero-order chi connectivity index (χ0) is 13.1. The Hall–Kier alpha value is -0.986. The molecule has 3 unspecified atom stereocenters. The van der Waals surface area contributed by atoms with Crippen molar-refractivity contribution in [3.63, 3.8) is 0 Å². The van der Waals surface area contributed by atoms with Crippen molar-refractivity contribution in [3.8, 4) is 0 Å². The van der Waals surface area contributed by atoms with Gasteiger partial charge in [0, 0.05) is 18.4 Å². The molecule has 1 saturated heterocycles. The van der Waals surface area contributed by atoms with Gasteiger partial charge in [0.2, 0.25) is 0 Å². The first-order chi connectivity index (χ1) is 8.65. The molecule has 1 aromatic rings. The minimum absolute atomic E-state index is 0. The number of aromatic amines is 1. The second-order valence-corrected chi connectivity index (χ2v) is 3.64. The number of hydrogen-bond acceptors (Lipinski definition) is 5. The van der Waals surface area contributed by atoms with Crippen LogP contribution in [0, 0.1) is 6.07 Å². The van der Waals surface area contributed by atoms with Crippen molar-refractivity contribution in [1.82, 2.24) is 9.55 Å². The van der Waals surface area contributed by atoms with Gasteiger partial charge in [-0.15, -0.1) is 0 Å². The molecule has 0 bridgehead atoms. The zero-order valence-corrected chi connectivity index (χ0v) is 12.9. The SMILES string of the molecule is COC1OC(n2c[c-]c(=O)[nH]c2=O)CC1N=[N+]=[N-].[Y+3]. The van der Waals surface area contributed by atoms with Gasteiger partial charge in [0.15, 0.2) is 6.29 Å². The van der Waals surface area contributed by atoms with Gasteiger partial charge >= 0.3 is 38.4 Å². The van der Waals surface area contributed by atoms with Crippen LogP contribution in [0.5, 0.6) is 0 Å². The van der Waals surface area contributed by atoms with Crippen molar-refractivity contribution in [3.05, 3.63) is 43.5 Å². The Morgan fingerprint density at radius 2 is 2.42 bits per heavy atom. The molecule has 1 N–H and O–H groups in total. The number of hydrogen-bond donors (Lipinski definition) is 1. The molecule has 0 aliphatic carbocycles. The molecule has 2 rings (SSSR count). The van der Waals surface area contributed by atoms with E-state index in [9.17, 15) is 9.59 Å². The van der Waals surface area contributed by atoms with E-state index >= 15 is 0 Å². The summed E-state index contributed by atoms with van der Waals surface area (Å²) in [5.74, 6) is 0. The van der Waals surface area contributed by atoms with Crippen molar-refractivity contribution in [2.24, 2.45) is 5.11 Å². The van der Waals surface area contributed by atoms with E-state index in [-0.39, 0.29) is 39.1 Å². The van der Waals surface area contributed by atoms with Crippen molar-refractivity contribution in [2.75, 3.05) is 7.11 Å². The molecule has 0 spiro atoms. The molecule has 9 nitrogen and oxygen atoms in total. The quantitative estimate of drug-likeness (QED) is 0.357. The number of aromatic nitrogens is 2. The van der Waals surface area contributed by atoms with Gasteiger partial charge in [-0.25, -0.2) is 4.79 Å². The number of nitrogens with zero attached hydrogens (tertiary/aromatic N) is 4. The average molecular weight is 341 g/mol. The molecule has 1 aromatic heterocycles. The number of azide groups is 1. The maximum atomic E-state index is 11.5. The monoisotopic (exact) mass is 341 g/mol. The van der Waals surface area contributed by atoms with Crippen LogP contribution in [0.25, 0.3) is 10.4 Å². The van der Waals surface area contributed by atoms with E-state index in [4.69, 9.17) is 15.0 Å². The molecule has 0 amide bonds. The van der Waals surface area contributed by atoms with Crippen LogP contribution in [0.4, 0.5) is 0 Å². The minimum atomic E-state index is -0.718. The number of H-pyrrole nitrogens is 1. The summed E-state index contributed by atoms with van der Waals surface area (Å²) in [5.41, 5.74) is 7.19. The third-order valence-corrected chi connectivity index (χ3v) is 2.58. The Balaban J connectivity index is 0.00000180. The van der Waals surface area contributed by atoms with Crippen molar-refractivity contribution < 1.29 is 42.2 Å². The first-order valence-corrected chi connectivity index (χ1v) is 5.11. The third-order valence-electron chi connectivity index (χ3n) is 2.58. The summed E-state index contributed by atoms with van der Waals surface area (Å²) in [5, 5.41) is 3.53. The molecule has 10 heteroatoms.